The van der Waals surface area contributed by atoms with Crippen molar-refractivity contribution in [3.05, 3.63) is 52.8 Å². The van der Waals surface area contributed by atoms with E-state index in [0.717, 1.165) is 11.1 Å². The number of halogens is 2. The third-order valence-corrected chi connectivity index (χ3v) is 3.93. The Balaban J connectivity index is 1.77. The van der Waals surface area contributed by atoms with Gasteiger partial charge in [-0.1, -0.05) is 29.4 Å². The Morgan fingerprint density at radius 3 is 2.90 bits per heavy atom. The molecule has 0 unspecified atom stereocenters. The lowest BCUT2D eigenvalue weighted by Gasteiger charge is -2.00. The average Bonchev–Trinajstić information content (AvgIpc) is 2.82. The average molecular weight is 309 g/mol. The summed E-state index contributed by atoms with van der Waals surface area (Å²) in [6.07, 6.45) is 0. The minimum atomic E-state index is -0.419. The molecule has 0 radical (unpaired) electrons. The van der Waals surface area contributed by atoms with Crippen molar-refractivity contribution in [3.8, 4) is 0 Å². The smallest absolute Gasteiger partial charge is 0.257 e. The Morgan fingerprint density at radius 1 is 1.25 bits per heavy atom. The molecule has 0 aliphatic carbocycles. The summed E-state index contributed by atoms with van der Waals surface area (Å²) in [5.74, 6) is 0.181. The van der Waals surface area contributed by atoms with Crippen LogP contribution in [0.4, 0.5) is 10.1 Å². The van der Waals surface area contributed by atoms with E-state index >= 15 is 0 Å². The molecule has 2 N–H and O–H groups in total. The second-order valence-electron chi connectivity index (χ2n) is 4.24. The van der Waals surface area contributed by atoms with Crippen LogP contribution in [0.15, 0.2) is 46.0 Å². The van der Waals surface area contributed by atoms with E-state index in [9.17, 15) is 4.39 Å². The SMILES string of the molecule is Nc1ccc2oc(SCc3ccc(F)c(Cl)c3)nc2c1. The van der Waals surface area contributed by atoms with Crippen molar-refractivity contribution >= 4 is 40.1 Å². The number of hydrogen-bond donors (Lipinski definition) is 1. The van der Waals surface area contributed by atoms with Crippen LogP contribution in [-0.4, -0.2) is 4.98 Å². The minimum absolute atomic E-state index is 0.119. The molecule has 0 saturated heterocycles. The number of hydrogen-bond acceptors (Lipinski definition) is 4. The molecule has 3 rings (SSSR count). The van der Waals surface area contributed by atoms with Crippen LogP contribution in [0, 0.1) is 5.82 Å². The molecular weight excluding hydrogens is 299 g/mol. The Kier molecular flexibility index (Phi) is 3.54. The van der Waals surface area contributed by atoms with Gasteiger partial charge in [-0.2, -0.15) is 0 Å². The van der Waals surface area contributed by atoms with Gasteiger partial charge in [-0.05, 0) is 35.9 Å². The highest BCUT2D eigenvalue weighted by molar-refractivity contribution is 7.98. The third-order valence-electron chi connectivity index (χ3n) is 2.74. The number of aromatic nitrogens is 1. The highest BCUT2D eigenvalue weighted by atomic mass is 35.5. The maximum absolute atomic E-state index is 13.1. The number of anilines is 1. The van der Waals surface area contributed by atoms with E-state index in [0.29, 0.717) is 22.2 Å². The maximum Gasteiger partial charge on any atom is 0.257 e. The monoisotopic (exact) mass is 308 g/mol. The fraction of sp³-hybridized carbons (Fsp3) is 0.0714. The van der Waals surface area contributed by atoms with Crippen molar-refractivity contribution in [2.24, 2.45) is 0 Å². The van der Waals surface area contributed by atoms with Crippen molar-refractivity contribution < 1.29 is 8.81 Å². The molecule has 1 aromatic heterocycles. The molecule has 1 heterocycles. The number of nitrogens with two attached hydrogens (primary N) is 1. The summed E-state index contributed by atoms with van der Waals surface area (Å²) in [5, 5.41) is 0.666. The molecule has 0 bridgehead atoms. The molecule has 0 saturated carbocycles. The second-order valence-corrected chi connectivity index (χ2v) is 5.58. The number of nitrogens with zero attached hydrogens (tertiary/aromatic N) is 1. The van der Waals surface area contributed by atoms with Gasteiger partial charge < -0.3 is 10.2 Å². The Labute approximate surface area is 123 Å². The number of benzene rings is 2. The van der Waals surface area contributed by atoms with Crippen molar-refractivity contribution in [1.29, 1.82) is 0 Å². The molecule has 20 heavy (non-hydrogen) atoms. The van der Waals surface area contributed by atoms with Crippen molar-refractivity contribution in [1.82, 2.24) is 4.98 Å². The molecule has 0 aliphatic heterocycles. The van der Waals surface area contributed by atoms with Crippen LogP contribution < -0.4 is 5.73 Å². The van der Waals surface area contributed by atoms with Crippen LogP contribution in [0.1, 0.15) is 5.56 Å². The standard InChI is InChI=1S/C14H10ClFN2OS/c15-10-5-8(1-3-11(10)16)7-20-14-18-12-6-9(17)2-4-13(12)19-14/h1-6H,7,17H2. The summed E-state index contributed by atoms with van der Waals surface area (Å²) < 4.78 is 18.6. The highest BCUT2D eigenvalue weighted by Crippen LogP contribution is 2.28. The molecule has 6 heteroatoms. The van der Waals surface area contributed by atoms with Gasteiger partial charge in [0.05, 0.1) is 5.02 Å². The molecule has 0 spiro atoms. The van der Waals surface area contributed by atoms with E-state index in [-0.39, 0.29) is 5.02 Å². The number of fused-ring (bicyclic) bond motifs is 1. The highest BCUT2D eigenvalue weighted by Gasteiger charge is 2.08. The zero-order valence-electron chi connectivity index (χ0n) is 10.3. The van der Waals surface area contributed by atoms with Crippen molar-refractivity contribution in [3.63, 3.8) is 0 Å². The van der Waals surface area contributed by atoms with Gasteiger partial charge in [0.1, 0.15) is 11.3 Å². The normalized spacial score (nSPS) is 11.1. The fourth-order valence-electron chi connectivity index (χ4n) is 1.76. The topological polar surface area (TPSA) is 52.0 Å². The van der Waals surface area contributed by atoms with Crippen molar-refractivity contribution in [2.75, 3.05) is 5.73 Å². The minimum Gasteiger partial charge on any atom is -0.431 e. The van der Waals surface area contributed by atoms with Gasteiger partial charge in [0, 0.05) is 11.4 Å². The van der Waals surface area contributed by atoms with Crippen LogP contribution in [0.3, 0.4) is 0 Å². The molecule has 102 valence electrons. The zero-order valence-corrected chi connectivity index (χ0v) is 11.8. The summed E-state index contributed by atoms with van der Waals surface area (Å²) in [7, 11) is 0. The molecule has 3 aromatic rings. The molecule has 0 amide bonds. The van der Waals surface area contributed by atoms with E-state index < -0.39 is 5.82 Å². The summed E-state index contributed by atoms with van der Waals surface area (Å²) in [6, 6.07) is 9.96. The summed E-state index contributed by atoms with van der Waals surface area (Å²) >= 11 is 7.16. The summed E-state index contributed by atoms with van der Waals surface area (Å²) in [5.41, 5.74) is 8.66. The van der Waals surface area contributed by atoms with E-state index in [1.54, 1.807) is 30.3 Å². The first-order chi connectivity index (χ1) is 9.61. The Bertz CT molecular complexity index is 775. The van der Waals surface area contributed by atoms with E-state index in [1.807, 2.05) is 0 Å². The lowest BCUT2D eigenvalue weighted by atomic mass is 10.2. The molecule has 3 nitrogen and oxygen atoms in total. The van der Waals surface area contributed by atoms with Crippen LogP contribution in [-0.2, 0) is 5.75 Å². The number of oxazole rings is 1. The summed E-state index contributed by atoms with van der Waals surface area (Å²) in [4.78, 5) is 4.34. The first-order valence-electron chi connectivity index (χ1n) is 5.84. The van der Waals surface area contributed by atoms with Crippen LogP contribution in [0.25, 0.3) is 11.1 Å². The van der Waals surface area contributed by atoms with E-state index in [1.165, 1.54) is 17.8 Å². The molecule has 0 atom stereocenters. The number of thioether (sulfide) groups is 1. The van der Waals surface area contributed by atoms with Gasteiger partial charge in [-0.15, -0.1) is 0 Å². The number of rotatable bonds is 3. The zero-order chi connectivity index (χ0) is 14.1. The quantitative estimate of drug-likeness (QED) is 0.572. The summed E-state index contributed by atoms with van der Waals surface area (Å²) in [6.45, 7) is 0. The van der Waals surface area contributed by atoms with Crippen LogP contribution in [0.5, 0.6) is 0 Å². The van der Waals surface area contributed by atoms with Gasteiger partial charge in [-0.3, -0.25) is 0 Å². The van der Waals surface area contributed by atoms with E-state index in [4.69, 9.17) is 21.8 Å². The Morgan fingerprint density at radius 2 is 2.10 bits per heavy atom. The van der Waals surface area contributed by atoms with Gasteiger partial charge >= 0.3 is 0 Å². The van der Waals surface area contributed by atoms with Gasteiger partial charge in [0.2, 0.25) is 0 Å². The lowest BCUT2D eigenvalue weighted by molar-refractivity contribution is 0.489. The van der Waals surface area contributed by atoms with Gasteiger partial charge in [0.15, 0.2) is 5.58 Å². The predicted octanol–water partition coefficient (Wildman–Crippen LogP) is 4.49. The van der Waals surface area contributed by atoms with Gasteiger partial charge in [0.25, 0.3) is 5.22 Å². The molecule has 2 aromatic carbocycles. The van der Waals surface area contributed by atoms with Crippen LogP contribution >= 0.6 is 23.4 Å². The van der Waals surface area contributed by atoms with Gasteiger partial charge in [-0.25, -0.2) is 9.37 Å². The fourth-order valence-corrected chi connectivity index (χ4v) is 2.74. The molecule has 0 aliphatic rings. The lowest BCUT2D eigenvalue weighted by Crippen LogP contribution is -1.84. The Hall–Kier alpha value is -1.72. The largest absolute Gasteiger partial charge is 0.431 e. The van der Waals surface area contributed by atoms with E-state index in [2.05, 4.69) is 4.98 Å². The predicted molar refractivity (Wildman–Crippen MR) is 79.4 cm³/mol. The molecule has 0 fully saturated rings. The first kappa shape index (κ1) is 13.3. The maximum atomic E-state index is 13.1. The first-order valence-corrected chi connectivity index (χ1v) is 7.21. The third kappa shape index (κ3) is 2.73. The van der Waals surface area contributed by atoms with Crippen molar-refractivity contribution in [2.45, 2.75) is 11.0 Å². The van der Waals surface area contributed by atoms with Crippen LogP contribution in [0.2, 0.25) is 5.02 Å². The second kappa shape index (κ2) is 5.34. The molecular formula is C14H10ClFN2OS. The number of nitrogen functional groups attached to an aromatic ring is 1.